The molecule has 0 bridgehead atoms. The molecule has 1 heterocycles. The maximum atomic E-state index is 13.6. The summed E-state index contributed by atoms with van der Waals surface area (Å²) in [5.41, 5.74) is 4.67. The molecule has 1 aromatic heterocycles. The number of nitrogens with two attached hydrogens (primary N) is 1. The standard InChI is InChI=1S/C29H26N2O5S/c30-13-5-1-2-6-14-31-21(32)12-10-16-9-11-19-20(15-16)25(34)23-22-24(33)17-7-3-4-8-18(17)26(35)28(22)37-29(23)27(19)36/h3-4,7-9,11,15H,1-2,5-6,10,12-14,30H2,(H,31,32). The Kier molecular flexibility index (Phi) is 6.95. The number of hydrogen-bond acceptors (Lipinski definition) is 7. The molecule has 0 fully saturated rings. The van der Waals surface area contributed by atoms with E-state index in [9.17, 15) is 24.0 Å². The molecule has 5 rings (SSSR count). The van der Waals surface area contributed by atoms with Crippen LogP contribution in [-0.2, 0) is 11.2 Å². The number of rotatable bonds is 9. The van der Waals surface area contributed by atoms with Crippen LogP contribution in [-0.4, -0.2) is 19.0 Å². The minimum atomic E-state index is -0.439. The van der Waals surface area contributed by atoms with Gasteiger partial charge >= 0.3 is 0 Å². The van der Waals surface area contributed by atoms with Gasteiger partial charge in [-0.3, -0.25) is 24.0 Å². The van der Waals surface area contributed by atoms with Crippen LogP contribution in [0.2, 0.25) is 0 Å². The molecule has 0 aliphatic heterocycles. The van der Waals surface area contributed by atoms with Gasteiger partial charge in [-0.15, -0.1) is 11.3 Å². The number of nitrogens with one attached hydrogen (secondary N) is 1. The maximum absolute atomic E-state index is 13.6. The quantitative estimate of drug-likeness (QED) is 0.291. The van der Waals surface area contributed by atoms with Gasteiger partial charge in [-0.05, 0) is 43.5 Å². The normalized spacial score (nSPS) is 11.7. The van der Waals surface area contributed by atoms with Gasteiger partial charge in [0.15, 0.2) is 10.9 Å². The van der Waals surface area contributed by atoms with Crippen molar-refractivity contribution in [1.29, 1.82) is 0 Å². The summed E-state index contributed by atoms with van der Waals surface area (Å²) in [6.45, 7) is 1.29. The molecule has 1 amide bonds. The molecule has 37 heavy (non-hydrogen) atoms. The van der Waals surface area contributed by atoms with Crippen LogP contribution in [0, 0.1) is 0 Å². The van der Waals surface area contributed by atoms with Crippen LogP contribution < -0.4 is 32.8 Å². The Labute approximate surface area is 215 Å². The van der Waals surface area contributed by atoms with E-state index >= 15 is 0 Å². The summed E-state index contributed by atoms with van der Waals surface area (Å²) in [7, 11) is 0. The van der Waals surface area contributed by atoms with Crippen molar-refractivity contribution in [1.82, 2.24) is 5.32 Å². The second kappa shape index (κ2) is 10.3. The highest BCUT2D eigenvalue weighted by Gasteiger charge is 2.22. The zero-order chi connectivity index (χ0) is 26.1. The highest BCUT2D eigenvalue weighted by molar-refractivity contribution is 7.25. The van der Waals surface area contributed by atoms with Crippen molar-refractivity contribution in [2.45, 2.75) is 38.5 Å². The van der Waals surface area contributed by atoms with E-state index in [2.05, 4.69) is 5.32 Å². The molecule has 7 nitrogen and oxygen atoms in total. The first-order chi connectivity index (χ1) is 17.9. The molecule has 188 valence electrons. The summed E-state index contributed by atoms with van der Waals surface area (Å²) in [5, 5.41) is 3.94. The molecule has 0 atom stereocenters. The van der Waals surface area contributed by atoms with E-state index in [0.29, 0.717) is 19.5 Å². The Balaban J connectivity index is 1.50. The highest BCUT2D eigenvalue weighted by atomic mass is 32.1. The SMILES string of the molecule is NCCCCCCNC(=O)CCc1ccc2c(=O)c3sc4c(=O)c5ccccc5c(=O)c4c3c(=O)c2c1. The predicted octanol–water partition coefficient (Wildman–Crippen LogP) is 3.25. The van der Waals surface area contributed by atoms with Crippen molar-refractivity contribution in [3.05, 3.63) is 88.9 Å². The van der Waals surface area contributed by atoms with E-state index in [-0.39, 0.29) is 64.9 Å². The lowest BCUT2D eigenvalue weighted by Crippen LogP contribution is -2.24. The first-order valence-electron chi connectivity index (χ1n) is 12.5. The number of carbonyl (C=O) groups excluding carboxylic acids is 1. The number of hydrogen-bond donors (Lipinski definition) is 2. The molecule has 0 aliphatic rings. The van der Waals surface area contributed by atoms with Gasteiger partial charge in [-0.25, -0.2) is 0 Å². The summed E-state index contributed by atoms with van der Waals surface area (Å²) in [5.74, 6) is -0.0732. The average molecular weight is 515 g/mol. The zero-order valence-corrected chi connectivity index (χ0v) is 21.0. The van der Waals surface area contributed by atoms with Gasteiger partial charge in [0.1, 0.15) is 0 Å². The van der Waals surface area contributed by atoms with E-state index in [1.807, 2.05) is 0 Å². The lowest BCUT2D eigenvalue weighted by molar-refractivity contribution is -0.121. The molecule has 0 saturated heterocycles. The lowest BCUT2D eigenvalue weighted by Gasteiger charge is -2.06. The molecule has 8 heteroatoms. The summed E-state index contributed by atoms with van der Waals surface area (Å²) >= 11 is 0.921. The third kappa shape index (κ3) is 4.47. The van der Waals surface area contributed by atoms with Gasteiger partial charge in [0.2, 0.25) is 16.8 Å². The highest BCUT2D eigenvalue weighted by Crippen LogP contribution is 2.29. The minimum Gasteiger partial charge on any atom is -0.356 e. The van der Waals surface area contributed by atoms with E-state index in [1.165, 1.54) is 0 Å². The fourth-order valence-corrected chi connectivity index (χ4v) is 6.11. The van der Waals surface area contributed by atoms with E-state index in [1.54, 1.807) is 42.5 Å². The van der Waals surface area contributed by atoms with Crippen LogP contribution >= 0.6 is 11.3 Å². The number of thiophene rings is 1. The number of unbranched alkanes of at least 4 members (excludes halogenated alkanes) is 3. The number of amides is 1. The topological polar surface area (TPSA) is 123 Å². The van der Waals surface area contributed by atoms with Crippen molar-refractivity contribution in [2.75, 3.05) is 13.1 Å². The van der Waals surface area contributed by atoms with Crippen molar-refractivity contribution < 1.29 is 4.79 Å². The third-order valence-electron chi connectivity index (χ3n) is 6.86. The molecule has 3 N–H and O–H groups in total. The first-order valence-corrected chi connectivity index (χ1v) is 13.3. The molecule has 0 saturated carbocycles. The van der Waals surface area contributed by atoms with E-state index in [4.69, 9.17) is 5.73 Å². The number of fused-ring (bicyclic) bond motifs is 5. The Morgan fingerprint density at radius 1 is 0.730 bits per heavy atom. The fraction of sp³-hybridized carbons (Fsp3) is 0.276. The van der Waals surface area contributed by atoms with Crippen LogP contribution in [0.15, 0.2) is 61.6 Å². The van der Waals surface area contributed by atoms with Crippen LogP contribution in [0.5, 0.6) is 0 Å². The second-order valence-electron chi connectivity index (χ2n) is 9.31. The summed E-state index contributed by atoms with van der Waals surface area (Å²) in [6, 6.07) is 11.5. The Hall–Kier alpha value is -3.75. The number of carbonyl (C=O) groups is 1. The first kappa shape index (κ1) is 24.9. The van der Waals surface area contributed by atoms with Gasteiger partial charge < -0.3 is 11.1 Å². The molecule has 0 aliphatic carbocycles. The van der Waals surface area contributed by atoms with Gasteiger partial charge in [0, 0.05) is 34.5 Å². The van der Waals surface area contributed by atoms with Gasteiger partial charge in [0.25, 0.3) is 0 Å². The largest absolute Gasteiger partial charge is 0.356 e. The van der Waals surface area contributed by atoms with E-state index < -0.39 is 10.9 Å². The zero-order valence-electron chi connectivity index (χ0n) is 20.2. The maximum Gasteiger partial charge on any atom is 0.220 e. The lowest BCUT2D eigenvalue weighted by atomic mass is 9.99. The number of aryl methyl sites for hydroxylation is 1. The Morgan fingerprint density at radius 3 is 2.00 bits per heavy atom. The third-order valence-corrected chi connectivity index (χ3v) is 8.05. The summed E-state index contributed by atoms with van der Waals surface area (Å²) in [6.07, 6.45) is 4.63. The molecule has 0 spiro atoms. The van der Waals surface area contributed by atoms with Gasteiger partial charge in [-0.2, -0.15) is 0 Å². The molecular weight excluding hydrogens is 488 g/mol. The van der Waals surface area contributed by atoms with Crippen LogP contribution in [0.1, 0.15) is 37.7 Å². The Morgan fingerprint density at radius 2 is 1.32 bits per heavy atom. The van der Waals surface area contributed by atoms with Crippen LogP contribution in [0.3, 0.4) is 0 Å². The van der Waals surface area contributed by atoms with Gasteiger partial charge in [0.05, 0.1) is 20.2 Å². The minimum absolute atomic E-state index is 0.0230. The summed E-state index contributed by atoms with van der Waals surface area (Å²) in [4.78, 5) is 65.5. The number of benzene rings is 4. The molecule has 4 aromatic carbocycles. The average Bonchev–Trinajstić information content (AvgIpc) is 3.33. The smallest absolute Gasteiger partial charge is 0.220 e. The van der Waals surface area contributed by atoms with Crippen LogP contribution in [0.25, 0.3) is 41.7 Å². The fourth-order valence-electron chi connectivity index (χ4n) is 4.91. The Bertz CT molecular complexity index is 1880. The monoisotopic (exact) mass is 514 g/mol. The van der Waals surface area contributed by atoms with Crippen molar-refractivity contribution in [2.24, 2.45) is 5.73 Å². The summed E-state index contributed by atoms with van der Waals surface area (Å²) < 4.78 is 0.277. The second-order valence-corrected chi connectivity index (χ2v) is 10.3. The van der Waals surface area contributed by atoms with Crippen molar-refractivity contribution in [3.8, 4) is 0 Å². The predicted molar refractivity (Wildman–Crippen MR) is 151 cm³/mol. The molecular formula is C29H26N2O5S. The van der Waals surface area contributed by atoms with Crippen LogP contribution in [0.4, 0.5) is 0 Å². The van der Waals surface area contributed by atoms with Crippen molar-refractivity contribution in [3.63, 3.8) is 0 Å². The molecule has 0 unspecified atom stereocenters. The molecule has 5 aromatic rings. The molecule has 0 radical (unpaired) electrons. The van der Waals surface area contributed by atoms with Crippen molar-refractivity contribution >= 4 is 59.0 Å². The van der Waals surface area contributed by atoms with E-state index in [0.717, 1.165) is 42.6 Å². The van der Waals surface area contributed by atoms with Gasteiger partial charge in [-0.1, -0.05) is 43.2 Å².